The summed E-state index contributed by atoms with van der Waals surface area (Å²) in [6, 6.07) is 1.75. The van der Waals surface area contributed by atoms with Gasteiger partial charge in [0, 0.05) is 19.3 Å². The molecule has 2 aromatic rings. The van der Waals surface area contributed by atoms with E-state index >= 15 is 0 Å². The second kappa shape index (κ2) is 7.00. The van der Waals surface area contributed by atoms with Crippen LogP contribution in [0.3, 0.4) is 0 Å². The quantitative estimate of drug-likeness (QED) is 0.858. The Labute approximate surface area is 143 Å². The molecule has 0 aliphatic rings. The molecule has 0 aliphatic heterocycles. The van der Waals surface area contributed by atoms with Crippen LogP contribution in [-0.2, 0) is 0 Å². The molecular weight excluding hydrogens is 330 g/mol. The van der Waals surface area contributed by atoms with E-state index in [0.717, 1.165) is 12.1 Å². The normalized spacial score (nSPS) is 12.7. The van der Waals surface area contributed by atoms with Gasteiger partial charge in [0.25, 0.3) is 5.56 Å². The average Bonchev–Trinajstić information content (AvgIpc) is 2.54. The van der Waals surface area contributed by atoms with E-state index in [2.05, 4.69) is 4.99 Å². The van der Waals surface area contributed by atoms with Crippen LogP contribution in [0.4, 0.5) is 14.5 Å². The molecule has 25 heavy (non-hydrogen) atoms. The SMILES string of the molecule is CCC(C)n1c(C=NC)c(N)c(=O)n(-c2c(F)cc(C)cc2F)c1=O. The highest BCUT2D eigenvalue weighted by Gasteiger charge is 2.23. The lowest BCUT2D eigenvalue weighted by molar-refractivity contribution is 0.483. The first-order valence-corrected chi connectivity index (χ1v) is 7.79. The minimum Gasteiger partial charge on any atom is -0.392 e. The molecule has 1 aromatic carbocycles. The lowest BCUT2D eigenvalue weighted by atomic mass is 10.2. The summed E-state index contributed by atoms with van der Waals surface area (Å²) in [5.41, 5.74) is 3.43. The maximum absolute atomic E-state index is 14.3. The third-order valence-electron chi connectivity index (χ3n) is 4.03. The van der Waals surface area contributed by atoms with E-state index in [1.54, 1.807) is 6.92 Å². The van der Waals surface area contributed by atoms with Gasteiger partial charge >= 0.3 is 5.69 Å². The molecule has 1 heterocycles. The number of anilines is 1. The molecule has 1 atom stereocenters. The summed E-state index contributed by atoms with van der Waals surface area (Å²) in [4.78, 5) is 29.3. The zero-order chi connectivity index (χ0) is 18.9. The van der Waals surface area contributed by atoms with E-state index in [4.69, 9.17) is 5.73 Å². The first kappa shape index (κ1) is 18.6. The van der Waals surface area contributed by atoms with E-state index < -0.39 is 28.6 Å². The van der Waals surface area contributed by atoms with Crippen LogP contribution in [0, 0.1) is 18.6 Å². The number of aromatic nitrogens is 2. The minimum atomic E-state index is -1.01. The van der Waals surface area contributed by atoms with Crippen LogP contribution in [0.15, 0.2) is 26.7 Å². The molecule has 0 radical (unpaired) electrons. The number of nitrogen functional groups attached to an aromatic ring is 1. The van der Waals surface area contributed by atoms with Gasteiger partial charge in [-0.15, -0.1) is 0 Å². The number of hydrogen-bond donors (Lipinski definition) is 1. The van der Waals surface area contributed by atoms with Crippen molar-refractivity contribution >= 4 is 11.9 Å². The molecule has 134 valence electrons. The summed E-state index contributed by atoms with van der Waals surface area (Å²) in [5.74, 6) is -2.02. The Kier molecular flexibility index (Phi) is 5.20. The first-order chi connectivity index (χ1) is 11.7. The smallest absolute Gasteiger partial charge is 0.336 e. The Morgan fingerprint density at radius 3 is 2.32 bits per heavy atom. The van der Waals surface area contributed by atoms with Crippen molar-refractivity contribution in [2.75, 3.05) is 12.8 Å². The summed E-state index contributed by atoms with van der Waals surface area (Å²) < 4.78 is 30.3. The van der Waals surface area contributed by atoms with Crippen molar-refractivity contribution in [2.45, 2.75) is 33.2 Å². The van der Waals surface area contributed by atoms with Gasteiger partial charge in [0.15, 0.2) is 11.6 Å². The number of nitrogens with zero attached hydrogens (tertiary/aromatic N) is 3. The number of aryl methyl sites for hydroxylation is 1. The highest BCUT2D eigenvalue weighted by Crippen LogP contribution is 2.19. The lowest BCUT2D eigenvalue weighted by Gasteiger charge is -2.20. The van der Waals surface area contributed by atoms with Crippen LogP contribution in [0.1, 0.15) is 37.6 Å². The summed E-state index contributed by atoms with van der Waals surface area (Å²) in [7, 11) is 1.47. The predicted molar refractivity (Wildman–Crippen MR) is 93.9 cm³/mol. The van der Waals surface area contributed by atoms with Crippen LogP contribution in [0.25, 0.3) is 5.69 Å². The molecule has 8 heteroatoms. The first-order valence-electron chi connectivity index (χ1n) is 7.79. The molecule has 2 N–H and O–H groups in total. The number of hydrogen-bond acceptors (Lipinski definition) is 4. The standard InChI is InChI=1S/C17H20F2N4O2/c1-5-10(3)22-13(8-21-4)14(20)16(24)23(17(22)25)15-11(18)6-9(2)7-12(15)19/h6-8,10H,5,20H2,1-4H3. The Bertz CT molecular complexity index is 937. The number of benzene rings is 1. The molecule has 0 bridgehead atoms. The zero-order valence-electron chi connectivity index (χ0n) is 14.5. The Hall–Kier alpha value is -2.77. The van der Waals surface area contributed by atoms with Crippen LogP contribution in [-0.4, -0.2) is 22.4 Å². The van der Waals surface area contributed by atoms with Crippen molar-refractivity contribution in [3.05, 3.63) is 55.9 Å². The summed E-state index contributed by atoms with van der Waals surface area (Å²) in [6.45, 7) is 5.08. The largest absolute Gasteiger partial charge is 0.392 e. The highest BCUT2D eigenvalue weighted by molar-refractivity contribution is 5.84. The third kappa shape index (κ3) is 3.11. The van der Waals surface area contributed by atoms with Crippen LogP contribution < -0.4 is 17.0 Å². The van der Waals surface area contributed by atoms with Crippen molar-refractivity contribution in [2.24, 2.45) is 4.99 Å². The molecule has 0 saturated heterocycles. The van der Waals surface area contributed by atoms with Crippen molar-refractivity contribution in [1.29, 1.82) is 0 Å². The molecule has 2 rings (SSSR count). The van der Waals surface area contributed by atoms with E-state index in [9.17, 15) is 18.4 Å². The van der Waals surface area contributed by atoms with Crippen LogP contribution in [0.5, 0.6) is 0 Å². The van der Waals surface area contributed by atoms with Crippen molar-refractivity contribution < 1.29 is 8.78 Å². The van der Waals surface area contributed by atoms with Gasteiger partial charge in [0.1, 0.15) is 11.4 Å². The van der Waals surface area contributed by atoms with Gasteiger partial charge in [0.2, 0.25) is 0 Å². The van der Waals surface area contributed by atoms with Gasteiger partial charge in [0.05, 0.1) is 5.69 Å². The van der Waals surface area contributed by atoms with E-state index in [1.807, 2.05) is 6.92 Å². The topological polar surface area (TPSA) is 82.4 Å². The number of aliphatic imine (C=N–C) groups is 1. The molecule has 0 saturated carbocycles. The Balaban J connectivity index is 3.03. The maximum atomic E-state index is 14.3. The van der Waals surface area contributed by atoms with Crippen molar-refractivity contribution in [3.8, 4) is 5.69 Å². The number of halogens is 2. The number of nitrogens with two attached hydrogens (primary N) is 1. The van der Waals surface area contributed by atoms with E-state index in [0.29, 0.717) is 16.6 Å². The van der Waals surface area contributed by atoms with Crippen molar-refractivity contribution in [3.63, 3.8) is 0 Å². The van der Waals surface area contributed by atoms with Crippen molar-refractivity contribution in [1.82, 2.24) is 9.13 Å². The van der Waals surface area contributed by atoms with Crippen LogP contribution >= 0.6 is 0 Å². The minimum absolute atomic E-state index is 0.121. The number of rotatable bonds is 4. The molecule has 0 fully saturated rings. The molecular formula is C17H20F2N4O2. The van der Waals surface area contributed by atoms with Gasteiger partial charge in [-0.1, -0.05) is 6.92 Å². The Morgan fingerprint density at radius 2 is 1.84 bits per heavy atom. The second-order valence-electron chi connectivity index (χ2n) is 5.81. The monoisotopic (exact) mass is 350 g/mol. The van der Waals surface area contributed by atoms with Gasteiger partial charge in [-0.3, -0.25) is 14.4 Å². The van der Waals surface area contributed by atoms with E-state index in [-0.39, 0.29) is 17.4 Å². The molecule has 1 aromatic heterocycles. The zero-order valence-corrected chi connectivity index (χ0v) is 14.5. The summed E-state index contributed by atoms with van der Waals surface area (Å²) in [6.07, 6.45) is 1.83. The fourth-order valence-electron chi connectivity index (χ4n) is 2.62. The van der Waals surface area contributed by atoms with Gasteiger partial charge in [-0.25, -0.2) is 18.1 Å². The maximum Gasteiger partial charge on any atom is 0.336 e. The molecule has 1 unspecified atom stereocenters. The Morgan fingerprint density at radius 1 is 1.28 bits per heavy atom. The third-order valence-corrected chi connectivity index (χ3v) is 4.03. The summed E-state index contributed by atoms with van der Waals surface area (Å²) in [5, 5.41) is 0. The van der Waals surface area contributed by atoms with Gasteiger partial charge in [-0.2, -0.15) is 0 Å². The lowest BCUT2D eigenvalue weighted by Crippen LogP contribution is -2.43. The molecule has 0 amide bonds. The van der Waals surface area contributed by atoms with Crippen LogP contribution in [0.2, 0.25) is 0 Å². The van der Waals surface area contributed by atoms with E-state index in [1.165, 1.54) is 24.8 Å². The fraction of sp³-hybridized carbons (Fsp3) is 0.353. The fourth-order valence-corrected chi connectivity index (χ4v) is 2.62. The average molecular weight is 350 g/mol. The van der Waals surface area contributed by atoms with Gasteiger partial charge < -0.3 is 5.73 Å². The predicted octanol–water partition coefficient (Wildman–Crippen LogP) is 2.19. The molecule has 6 nitrogen and oxygen atoms in total. The highest BCUT2D eigenvalue weighted by atomic mass is 19.1. The molecule has 0 spiro atoms. The molecule has 0 aliphatic carbocycles. The summed E-state index contributed by atoms with van der Waals surface area (Å²) >= 11 is 0. The second-order valence-corrected chi connectivity index (χ2v) is 5.81. The van der Waals surface area contributed by atoms with Gasteiger partial charge in [-0.05, 0) is 38.0 Å².